The molecule has 0 spiro atoms. The molecule has 0 bridgehead atoms. The van der Waals surface area contributed by atoms with Crippen LogP contribution in [0.5, 0.6) is 0 Å². The first-order valence-corrected chi connectivity index (χ1v) is 6.29. The van der Waals surface area contributed by atoms with E-state index in [0.717, 1.165) is 5.56 Å². The summed E-state index contributed by atoms with van der Waals surface area (Å²) in [6.07, 6.45) is 5.37. The van der Waals surface area contributed by atoms with E-state index in [1.807, 2.05) is 36.4 Å². The molecule has 0 heterocycles. The van der Waals surface area contributed by atoms with Gasteiger partial charge in [0.15, 0.2) is 0 Å². The van der Waals surface area contributed by atoms with Crippen molar-refractivity contribution in [1.82, 2.24) is 0 Å². The molecule has 0 aliphatic rings. The second-order valence-electron chi connectivity index (χ2n) is 4.27. The molecule has 0 radical (unpaired) electrons. The third-order valence-corrected chi connectivity index (χ3v) is 2.86. The molecule has 0 saturated heterocycles. The van der Waals surface area contributed by atoms with Gasteiger partial charge in [-0.1, -0.05) is 42.5 Å². The Morgan fingerprint density at radius 2 is 1.76 bits per heavy atom. The minimum absolute atomic E-state index is 0.0101. The van der Waals surface area contributed by atoms with Gasteiger partial charge in [-0.15, -0.1) is 0 Å². The molecule has 0 aliphatic heterocycles. The molecule has 0 atom stereocenters. The van der Waals surface area contributed by atoms with Gasteiger partial charge < -0.3 is 0 Å². The lowest BCUT2D eigenvalue weighted by Gasteiger charge is -1.97. The Hall–Kier alpha value is -3.19. The van der Waals surface area contributed by atoms with Crippen molar-refractivity contribution in [1.29, 1.82) is 5.26 Å². The Kier molecular flexibility index (Phi) is 4.62. The molecule has 4 heteroatoms. The minimum Gasteiger partial charge on any atom is -0.258 e. The number of allylic oxidation sites excluding steroid dienone is 3. The largest absolute Gasteiger partial charge is 0.269 e. The Bertz CT molecular complexity index is 724. The number of nitrogens with zero attached hydrogens (tertiary/aromatic N) is 2. The highest BCUT2D eigenvalue weighted by Crippen LogP contribution is 2.18. The molecule has 2 aromatic rings. The van der Waals surface area contributed by atoms with Gasteiger partial charge >= 0.3 is 0 Å². The summed E-state index contributed by atoms with van der Waals surface area (Å²) < 4.78 is 0. The van der Waals surface area contributed by atoms with E-state index in [0.29, 0.717) is 11.1 Å². The van der Waals surface area contributed by atoms with Crippen molar-refractivity contribution in [3.63, 3.8) is 0 Å². The molecule has 0 fully saturated rings. The topological polar surface area (TPSA) is 66.9 Å². The number of non-ortho nitro benzene ring substituents is 1. The molecule has 102 valence electrons. The number of hydrogen-bond acceptors (Lipinski definition) is 3. The van der Waals surface area contributed by atoms with E-state index < -0.39 is 4.92 Å². The molecule has 0 aliphatic carbocycles. The Labute approximate surface area is 122 Å². The zero-order valence-electron chi connectivity index (χ0n) is 11.1. The van der Waals surface area contributed by atoms with Crippen molar-refractivity contribution >= 4 is 17.3 Å². The van der Waals surface area contributed by atoms with Crippen molar-refractivity contribution < 1.29 is 4.92 Å². The summed E-state index contributed by atoms with van der Waals surface area (Å²) in [6, 6.07) is 17.7. The first-order chi connectivity index (χ1) is 10.2. The number of hydrogen-bond donors (Lipinski definition) is 0. The second kappa shape index (κ2) is 6.83. The Morgan fingerprint density at radius 3 is 2.33 bits per heavy atom. The van der Waals surface area contributed by atoms with Crippen molar-refractivity contribution in [3.05, 3.63) is 88.0 Å². The molecular weight excluding hydrogens is 264 g/mol. The number of rotatable bonds is 4. The van der Waals surface area contributed by atoms with E-state index in [4.69, 9.17) is 5.26 Å². The first-order valence-electron chi connectivity index (χ1n) is 6.29. The van der Waals surface area contributed by atoms with Crippen LogP contribution in [-0.2, 0) is 0 Å². The van der Waals surface area contributed by atoms with Gasteiger partial charge in [-0.2, -0.15) is 5.26 Å². The summed E-state index contributed by atoms with van der Waals surface area (Å²) in [4.78, 5) is 10.1. The van der Waals surface area contributed by atoms with Gasteiger partial charge in [0.2, 0.25) is 0 Å². The summed E-state index contributed by atoms with van der Waals surface area (Å²) >= 11 is 0. The summed E-state index contributed by atoms with van der Waals surface area (Å²) in [6.45, 7) is 0. The third kappa shape index (κ3) is 3.88. The van der Waals surface area contributed by atoms with Crippen LogP contribution in [0, 0.1) is 21.4 Å². The fourth-order valence-electron chi connectivity index (χ4n) is 1.78. The van der Waals surface area contributed by atoms with Crippen LogP contribution in [0.25, 0.3) is 11.6 Å². The summed E-state index contributed by atoms with van der Waals surface area (Å²) in [5.41, 5.74) is 2.16. The van der Waals surface area contributed by atoms with Crippen LogP contribution in [0.1, 0.15) is 11.1 Å². The van der Waals surface area contributed by atoms with Gasteiger partial charge in [-0.25, -0.2) is 0 Å². The first kappa shape index (κ1) is 14.2. The summed E-state index contributed by atoms with van der Waals surface area (Å²) in [5.74, 6) is 0. The van der Waals surface area contributed by atoms with Gasteiger partial charge in [0, 0.05) is 12.1 Å². The van der Waals surface area contributed by atoms with E-state index in [-0.39, 0.29) is 5.69 Å². The monoisotopic (exact) mass is 276 g/mol. The number of nitriles is 1. The van der Waals surface area contributed by atoms with Crippen molar-refractivity contribution in [2.24, 2.45) is 0 Å². The average Bonchev–Trinajstić information content (AvgIpc) is 2.53. The fourth-order valence-corrected chi connectivity index (χ4v) is 1.78. The molecule has 0 saturated carbocycles. The van der Waals surface area contributed by atoms with Gasteiger partial charge in [-0.05, 0) is 29.3 Å². The van der Waals surface area contributed by atoms with Crippen LogP contribution >= 0.6 is 0 Å². The predicted octanol–water partition coefficient (Wildman–Crippen LogP) is 4.22. The van der Waals surface area contributed by atoms with Crippen LogP contribution < -0.4 is 0 Å². The minimum atomic E-state index is -0.463. The van der Waals surface area contributed by atoms with E-state index in [2.05, 4.69) is 6.07 Å². The fraction of sp³-hybridized carbons (Fsp3) is 0. The van der Waals surface area contributed by atoms with Gasteiger partial charge in [0.25, 0.3) is 5.69 Å². The maximum atomic E-state index is 10.6. The van der Waals surface area contributed by atoms with E-state index >= 15 is 0 Å². The van der Waals surface area contributed by atoms with Crippen LogP contribution in [0.3, 0.4) is 0 Å². The average molecular weight is 276 g/mol. The number of nitro groups is 1. The lowest BCUT2D eigenvalue weighted by atomic mass is 10.1. The zero-order valence-corrected chi connectivity index (χ0v) is 11.1. The predicted molar refractivity (Wildman–Crippen MR) is 82.2 cm³/mol. The van der Waals surface area contributed by atoms with Crippen LogP contribution in [-0.4, -0.2) is 4.92 Å². The highest BCUT2D eigenvalue weighted by molar-refractivity contribution is 5.79. The van der Waals surface area contributed by atoms with Crippen molar-refractivity contribution in [3.8, 4) is 6.07 Å². The standard InChI is InChI=1S/C17H12N2O2/c18-13-16(8-4-7-14-5-2-1-3-6-14)15-9-11-17(12-10-15)19(20)21/h1-12H/b7-4+,16-8-. The smallest absolute Gasteiger partial charge is 0.258 e. The summed E-state index contributed by atoms with van der Waals surface area (Å²) in [7, 11) is 0. The summed E-state index contributed by atoms with van der Waals surface area (Å²) in [5, 5.41) is 19.8. The van der Waals surface area contributed by atoms with Crippen molar-refractivity contribution in [2.45, 2.75) is 0 Å². The maximum absolute atomic E-state index is 10.6. The Morgan fingerprint density at radius 1 is 1.10 bits per heavy atom. The molecule has 4 nitrogen and oxygen atoms in total. The van der Waals surface area contributed by atoms with E-state index in [9.17, 15) is 10.1 Å². The molecule has 2 rings (SSSR count). The SMILES string of the molecule is N#C/C(=C/C=C/c1ccccc1)c1ccc([N+](=O)[O-])cc1. The molecule has 2 aromatic carbocycles. The molecule has 21 heavy (non-hydrogen) atoms. The van der Waals surface area contributed by atoms with E-state index in [1.54, 1.807) is 24.3 Å². The molecule has 0 amide bonds. The third-order valence-electron chi connectivity index (χ3n) is 2.86. The van der Waals surface area contributed by atoms with Gasteiger partial charge in [0.05, 0.1) is 16.6 Å². The normalized spacial score (nSPS) is 11.3. The lowest BCUT2D eigenvalue weighted by Crippen LogP contribution is -1.88. The van der Waals surface area contributed by atoms with E-state index in [1.165, 1.54) is 12.1 Å². The molecular formula is C17H12N2O2. The lowest BCUT2D eigenvalue weighted by molar-refractivity contribution is -0.384. The highest BCUT2D eigenvalue weighted by atomic mass is 16.6. The maximum Gasteiger partial charge on any atom is 0.269 e. The quantitative estimate of drug-likeness (QED) is 0.363. The molecule has 0 unspecified atom stereocenters. The molecule has 0 N–H and O–H groups in total. The van der Waals surface area contributed by atoms with Crippen LogP contribution in [0.2, 0.25) is 0 Å². The van der Waals surface area contributed by atoms with Crippen LogP contribution in [0.4, 0.5) is 5.69 Å². The molecule has 0 aromatic heterocycles. The van der Waals surface area contributed by atoms with Crippen molar-refractivity contribution in [2.75, 3.05) is 0 Å². The zero-order chi connectivity index (χ0) is 15.1. The van der Waals surface area contributed by atoms with Gasteiger partial charge in [-0.3, -0.25) is 10.1 Å². The number of nitro benzene ring substituents is 1. The second-order valence-corrected chi connectivity index (χ2v) is 4.27. The Balaban J connectivity index is 2.19. The highest BCUT2D eigenvalue weighted by Gasteiger charge is 2.05. The van der Waals surface area contributed by atoms with Gasteiger partial charge in [0.1, 0.15) is 0 Å². The number of benzene rings is 2. The van der Waals surface area contributed by atoms with Crippen LogP contribution in [0.15, 0.2) is 66.7 Å².